The second-order valence-corrected chi connectivity index (χ2v) is 14.4. The molecule has 3 fully saturated rings. The summed E-state index contributed by atoms with van der Waals surface area (Å²) in [4.78, 5) is 11.2. The predicted molar refractivity (Wildman–Crippen MR) is 156 cm³/mol. The smallest absolute Gasteiger partial charge is 0.330 e. The minimum Gasteiger partial charge on any atom is -0.478 e. The largest absolute Gasteiger partial charge is 0.478 e. The number of carboxylic acid groups (broad SMARTS) is 1. The number of aliphatic carboxylic acids is 1. The van der Waals surface area contributed by atoms with Crippen LogP contribution in [0.4, 0.5) is 0 Å². The molecule has 0 heterocycles. The molecule has 5 nitrogen and oxygen atoms in total. The molecule has 4 aliphatic carbocycles. The molecule has 7 atom stereocenters. The standard InChI is InChI=1S/C31H49N3O2S/c1-19(9-8-10-20(2)26(35)36)21-13-17-31(7)23-11-12-24-28(3,4)25(33-34-27(32)37)15-16-29(24,5)22(23)14-18-30(21,31)6/h10-11,19,21-22,24H,8-9,12-18H2,1-7H3,(H,35,36)(H3,32,34,37)/b20-10-,33-25+/t19?,21?,22?,24?,29-,30+,31-/m1/s1. The molecule has 4 rings (SSSR count). The molecular formula is C31H49N3O2S. The highest BCUT2D eigenvalue weighted by molar-refractivity contribution is 7.80. The molecule has 0 aliphatic heterocycles. The molecule has 0 aromatic rings. The Kier molecular flexibility index (Phi) is 7.51. The number of fused-ring (bicyclic) bond motifs is 5. The van der Waals surface area contributed by atoms with Gasteiger partial charge < -0.3 is 10.8 Å². The maximum atomic E-state index is 11.2. The Hall–Kier alpha value is -1.69. The molecule has 0 radical (unpaired) electrons. The molecule has 0 aromatic carbocycles. The summed E-state index contributed by atoms with van der Waals surface area (Å²) in [6.45, 7) is 16.6. The lowest BCUT2D eigenvalue weighted by molar-refractivity contribution is -0.132. The van der Waals surface area contributed by atoms with E-state index in [9.17, 15) is 9.90 Å². The molecule has 4 unspecified atom stereocenters. The van der Waals surface area contributed by atoms with Crippen LogP contribution in [0.2, 0.25) is 0 Å². The van der Waals surface area contributed by atoms with Gasteiger partial charge in [-0.25, -0.2) is 4.79 Å². The van der Waals surface area contributed by atoms with Crippen LogP contribution < -0.4 is 11.2 Å². The van der Waals surface area contributed by atoms with Crippen molar-refractivity contribution in [2.75, 3.05) is 0 Å². The molecule has 37 heavy (non-hydrogen) atoms. The molecule has 3 saturated carbocycles. The Labute approximate surface area is 229 Å². The van der Waals surface area contributed by atoms with Crippen LogP contribution in [0.15, 0.2) is 28.4 Å². The van der Waals surface area contributed by atoms with Crippen LogP contribution in [0.3, 0.4) is 0 Å². The average Bonchev–Trinajstić information content (AvgIpc) is 3.09. The molecule has 0 aromatic heterocycles. The number of nitrogens with two attached hydrogens (primary N) is 1. The van der Waals surface area contributed by atoms with Crippen LogP contribution in [0, 0.1) is 45.3 Å². The summed E-state index contributed by atoms with van der Waals surface area (Å²) in [5.41, 5.74) is 12.8. The SMILES string of the molecule is C/C(=C/CCC(C)C1CC[C@]2(C)C3=CCC4C(C)(C)/C(=N/NC(N)=S)CC[C@]4(C)C3CC[C@@]12C)C(=O)O. The lowest BCUT2D eigenvalue weighted by Crippen LogP contribution is -2.57. The Morgan fingerprint density at radius 1 is 1.24 bits per heavy atom. The van der Waals surface area contributed by atoms with Crippen LogP contribution in [0.25, 0.3) is 0 Å². The Morgan fingerprint density at radius 3 is 2.59 bits per heavy atom. The van der Waals surface area contributed by atoms with Crippen molar-refractivity contribution in [3.05, 3.63) is 23.3 Å². The second-order valence-electron chi connectivity index (χ2n) is 13.9. The van der Waals surface area contributed by atoms with Gasteiger partial charge >= 0.3 is 5.97 Å². The van der Waals surface area contributed by atoms with Gasteiger partial charge in [0.15, 0.2) is 5.11 Å². The number of hydrogen-bond donors (Lipinski definition) is 3. The zero-order chi connectivity index (χ0) is 27.4. The molecule has 0 spiro atoms. The van der Waals surface area contributed by atoms with Crippen molar-refractivity contribution in [2.24, 2.45) is 56.2 Å². The van der Waals surface area contributed by atoms with E-state index >= 15 is 0 Å². The maximum Gasteiger partial charge on any atom is 0.330 e. The molecule has 0 bridgehead atoms. The fourth-order valence-electron chi connectivity index (χ4n) is 9.65. The fraction of sp³-hybridized carbons (Fsp3) is 0.774. The normalized spacial score (nSPS) is 40.7. The van der Waals surface area contributed by atoms with Gasteiger partial charge in [0.25, 0.3) is 0 Å². The van der Waals surface area contributed by atoms with Gasteiger partial charge in [0, 0.05) is 16.7 Å². The third-order valence-corrected chi connectivity index (χ3v) is 12.2. The number of nitrogens with one attached hydrogen (secondary N) is 1. The quantitative estimate of drug-likeness (QED) is 0.147. The lowest BCUT2D eigenvalue weighted by Gasteiger charge is -2.63. The lowest BCUT2D eigenvalue weighted by atomic mass is 9.41. The first-order chi connectivity index (χ1) is 17.2. The third kappa shape index (κ3) is 4.49. The highest BCUT2D eigenvalue weighted by Crippen LogP contribution is 2.73. The van der Waals surface area contributed by atoms with Gasteiger partial charge in [-0.3, -0.25) is 5.43 Å². The van der Waals surface area contributed by atoms with Crippen LogP contribution in [0.1, 0.15) is 106 Å². The summed E-state index contributed by atoms with van der Waals surface area (Å²) in [6.07, 6.45) is 14.9. The van der Waals surface area contributed by atoms with Crippen molar-refractivity contribution in [2.45, 2.75) is 106 Å². The minimum atomic E-state index is -0.800. The van der Waals surface area contributed by atoms with Gasteiger partial charge in [-0.1, -0.05) is 59.3 Å². The van der Waals surface area contributed by atoms with Crippen LogP contribution in [-0.2, 0) is 4.79 Å². The molecule has 0 amide bonds. The van der Waals surface area contributed by atoms with Crippen molar-refractivity contribution in [3.8, 4) is 0 Å². The average molecular weight is 528 g/mol. The molecule has 4 aliphatic rings. The first kappa shape index (κ1) is 28.3. The number of hydrazone groups is 1. The summed E-state index contributed by atoms with van der Waals surface area (Å²) >= 11 is 5.01. The Bertz CT molecular complexity index is 1050. The van der Waals surface area contributed by atoms with E-state index in [4.69, 9.17) is 18.0 Å². The first-order valence-electron chi connectivity index (χ1n) is 14.4. The van der Waals surface area contributed by atoms with Gasteiger partial charge in [-0.2, -0.15) is 5.10 Å². The number of nitrogens with zero attached hydrogens (tertiary/aromatic N) is 1. The first-order valence-corrected chi connectivity index (χ1v) is 14.8. The number of rotatable bonds is 6. The number of thiocarbonyl (C=S) groups is 1. The van der Waals surface area contributed by atoms with E-state index in [0.29, 0.717) is 34.7 Å². The Balaban J connectivity index is 1.58. The summed E-state index contributed by atoms with van der Waals surface area (Å²) in [5.74, 6) is 1.69. The molecule has 206 valence electrons. The van der Waals surface area contributed by atoms with Crippen molar-refractivity contribution >= 4 is 29.0 Å². The van der Waals surface area contributed by atoms with Gasteiger partial charge in [0.05, 0.1) is 0 Å². The van der Waals surface area contributed by atoms with Crippen LogP contribution >= 0.6 is 12.2 Å². The Morgan fingerprint density at radius 2 is 1.95 bits per heavy atom. The van der Waals surface area contributed by atoms with E-state index in [-0.39, 0.29) is 21.4 Å². The van der Waals surface area contributed by atoms with Gasteiger partial charge in [0.1, 0.15) is 0 Å². The van der Waals surface area contributed by atoms with E-state index in [2.05, 4.69) is 58.1 Å². The summed E-state index contributed by atoms with van der Waals surface area (Å²) in [7, 11) is 0. The van der Waals surface area contributed by atoms with Gasteiger partial charge in [-0.05, 0) is 117 Å². The number of hydrogen-bond acceptors (Lipinski definition) is 3. The van der Waals surface area contributed by atoms with Crippen molar-refractivity contribution in [1.29, 1.82) is 0 Å². The predicted octanol–water partition coefficient (Wildman–Crippen LogP) is 7.23. The van der Waals surface area contributed by atoms with Crippen molar-refractivity contribution in [1.82, 2.24) is 5.43 Å². The molecule has 6 heteroatoms. The molecule has 4 N–H and O–H groups in total. The molecule has 0 saturated heterocycles. The van der Waals surface area contributed by atoms with E-state index in [0.717, 1.165) is 25.7 Å². The monoisotopic (exact) mass is 527 g/mol. The second kappa shape index (κ2) is 9.81. The summed E-state index contributed by atoms with van der Waals surface area (Å²) < 4.78 is 0. The van der Waals surface area contributed by atoms with E-state index in [1.165, 1.54) is 37.8 Å². The molecular weight excluding hydrogens is 478 g/mol. The van der Waals surface area contributed by atoms with Gasteiger partial charge in [-0.15, -0.1) is 0 Å². The van der Waals surface area contributed by atoms with E-state index in [1.807, 2.05) is 6.08 Å². The van der Waals surface area contributed by atoms with Crippen LogP contribution in [-0.4, -0.2) is 21.9 Å². The number of carboxylic acids is 1. The highest BCUT2D eigenvalue weighted by Gasteiger charge is 2.65. The summed E-state index contributed by atoms with van der Waals surface area (Å²) in [5, 5.41) is 14.1. The minimum absolute atomic E-state index is 0.00277. The maximum absolute atomic E-state index is 11.2. The zero-order valence-electron chi connectivity index (χ0n) is 24.1. The fourth-order valence-corrected chi connectivity index (χ4v) is 9.70. The zero-order valence-corrected chi connectivity index (χ0v) is 24.9. The number of allylic oxidation sites excluding steroid dienone is 3. The van der Waals surface area contributed by atoms with Gasteiger partial charge in [0.2, 0.25) is 0 Å². The van der Waals surface area contributed by atoms with Crippen LogP contribution in [0.5, 0.6) is 0 Å². The highest BCUT2D eigenvalue weighted by atomic mass is 32.1. The number of carbonyl (C=O) groups is 1. The third-order valence-electron chi connectivity index (χ3n) is 12.1. The van der Waals surface area contributed by atoms with E-state index in [1.54, 1.807) is 12.5 Å². The summed E-state index contributed by atoms with van der Waals surface area (Å²) in [6, 6.07) is 0. The van der Waals surface area contributed by atoms with E-state index < -0.39 is 5.97 Å². The van der Waals surface area contributed by atoms with Crippen molar-refractivity contribution in [3.63, 3.8) is 0 Å². The topological polar surface area (TPSA) is 87.7 Å². The van der Waals surface area contributed by atoms with Crippen molar-refractivity contribution < 1.29 is 9.90 Å².